The van der Waals surface area contributed by atoms with Crippen LogP contribution in [0.15, 0.2) is 24.3 Å². The molecule has 0 bridgehead atoms. The lowest BCUT2D eigenvalue weighted by atomic mass is 9.76. The molecule has 7 heteroatoms. The molecule has 6 nitrogen and oxygen atoms in total. The SMILES string of the molecule is CC(=O)N[C@@H](Cc1ccccc1B(O)O)C(=O)O. The number of rotatable bonds is 5. The van der Waals surface area contributed by atoms with Crippen LogP contribution >= 0.6 is 0 Å². The average molecular weight is 251 g/mol. The van der Waals surface area contributed by atoms with Crippen molar-refractivity contribution >= 4 is 24.5 Å². The lowest BCUT2D eigenvalue weighted by molar-refractivity contribution is -0.141. The molecule has 1 aromatic rings. The minimum atomic E-state index is -1.67. The Morgan fingerprint density at radius 1 is 1.33 bits per heavy atom. The summed E-state index contributed by atoms with van der Waals surface area (Å²) in [6.45, 7) is 1.22. The number of hydrogen-bond donors (Lipinski definition) is 4. The smallest absolute Gasteiger partial charge is 0.480 e. The van der Waals surface area contributed by atoms with Crippen molar-refractivity contribution in [3.05, 3.63) is 29.8 Å². The van der Waals surface area contributed by atoms with Gasteiger partial charge in [0.15, 0.2) is 0 Å². The van der Waals surface area contributed by atoms with Crippen molar-refractivity contribution in [3.63, 3.8) is 0 Å². The van der Waals surface area contributed by atoms with Crippen molar-refractivity contribution in [1.29, 1.82) is 0 Å². The number of nitrogens with one attached hydrogen (secondary N) is 1. The first-order valence-electron chi connectivity index (χ1n) is 5.35. The molecule has 0 saturated heterocycles. The molecule has 0 aliphatic rings. The van der Waals surface area contributed by atoms with E-state index in [1.165, 1.54) is 13.0 Å². The number of hydrogen-bond acceptors (Lipinski definition) is 4. The van der Waals surface area contributed by atoms with Crippen LogP contribution in [0.4, 0.5) is 0 Å². The fourth-order valence-electron chi connectivity index (χ4n) is 1.64. The topological polar surface area (TPSA) is 107 Å². The minimum Gasteiger partial charge on any atom is -0.480 e. The molecule has 0 saturated carbocycles. The second-order valence-corrected chi connectivity index (χ2v) is 3.87. The van der Waals surface area contributed by atoms with Crippen LogP contribution in [0, 0.1) is 0 Å². The fraction of sp³-hybridized carbons (Fsp3) is 0.273. The molecule has 1 amide bonds. The zero-order valence-electron chi connectivity index (χ0n) is 9.83. The van der Waals surface area contributed by atoms with Crippen LogP contribution in [0.25, 0.3) is 0 Å². The van der Waals surface area contributed by atoms with Gasteiger partial charge in [0, 0.05) is 13.3 Å². The van der Waals surface area contributed by atoms with E-state index in [0.29, 0.717) is 5.56 Å². The molecule has 1 aromatic carbocycles. The van der Waals surface area contributed by atoms with Gasteiger partial charge in [-0.25, -0.2) is 4.79 Å². The Kier molecular flexibility index (Phi) is 4.88. The van der Waals surface area contributed by atoms with Crippen LogP contribution in [0.1, 0.15) is 12.5 Å². The van der Waals surface area contributed by atoms with Crippen LogP contribution < -0.4 is 10.8 Å². The molecule has 0 aliphatic heterocycles. The number of carbonyl (C=O) groups is 2. The summed E-state index contributed by atoms with van der Waals surface area (Å²) < 4.78 is 0. The highest BCUT2D eigenvalue weighted by molar-refractivity contribution is 6.59. The predicted octanol–water partition coefficient (Wildman–Crippen LogP) is -1.50. The Bertz CT molecular complexity index is 449. The molecule has 4 N–H and O–H groups in total. The Morgan fingerprint density at radius 3 is 2.44 bits per heavy atom. The molecule has 18 heavy (non-hydrogen) atoms. The first-order chi connectivity index (χ1) is 8.41. The minimum absolute atomic E-state index is 0.0112. The standard InChI is InChI=1S/C11H14BNO5/c1-7(14)13-10(11(15)16)6-8-4-2-3-5-9(8)12(17)18/h2-5,10,17-18H,6H2,1H3,(H,13,14)(H,15,16)/t10-/m0/s1. The molecule has 96 valence electrons. The normalized spacial score (nSPS) is 11.7. The highest BCUT2D eigenvalue weighted by Crippen LogP contribution is 2.02. The van der Waals surface area contributed by atoms with E-state index < -0.39 is 25.0 Å². The van der Waals surface area contributed by atoms with Gasteiger partial charge in [0.05, 0.1) is 0 Å². The fourth-order valence-corrected chi connectivity index (χ4v) is 1.64. The molecule has 0 fully saturated rings. The monoisotopic (exact) mass is 251 g/mol. The van der Waals surface area contributed by atoms with Crippen LogP contribution in [0.3, 0.4) is 0 Å². The van der Waals surface area contributed by atoms with Crippen LogP contribution in [-0.4, -0.2) is 40.2 Å². The van der Waals surface area contributed by atoms with E-state index in [-0.39, 0.29) is 11.9 Å². The zero-order valence-corrected chi connectivity index (χ0v) is 9.83. The summed E-state index contributed by atoms with van der Waals surface area (Å²) in [6, 6.07) is 5.27. The Hall–Kier alpha value is -1.86. The summed E-state index contributed by atoms with van der Waals surface area (Å²) in [5.41, 5.74) is 0.697. The van der Waals surface area contributed by atoms with E-state index in [1.807, 2.05) is 0 Å². The van der Waals surface area contributed by atoms with E-state index in [0.717, 1.165) is 0 Å². The predicted molar refractivity (Wildman–Crippen MR) is 65.2 cm³/mol. The van der Waals surface area contributed by atoms with Crippen LogP contribution in [-0.2, 0) is 16.0 Å². The second kappa shape index (κ2) is 6.18. The van der Waals surface area contributed by atoms with Gasteiger partial charge in [-0.1, -0.05) is 24.3 Å². The van der Waals surface area contributed by atoms with Crippen molar-refractivity contribution in [2.45, 2.75) is 19.4 Å². The third kappa shape index (κ3) is 3.87. The molecule has 0 heterocycles. The highest BCUT2D eigenvalue weighted by atomic mass is 16.4. The van der Waals surface area contributed by atoms with E-state index in [1.54, 1.807) is 18.2 Å². The van der Waals surface area contributed by atoms with Gasteiger partial charge >= 0.3 is 13.1 Å². The number of carboxylic acids is 1. The average Bonchev–Trinajstić information content (AvgIpc) is 2.27. The van der Waals surface area contributed by atoms with Gasteiger partial charge in [-0.05, 0) is 11.0 Å². The first kappa shape index (κ1) is 14.2. The summed E-state index contributed by atoms with van der Waals surface area (Å²) in [4.78, 5) is 21.9. The molecule has 0 aliphatic carbocycles. The molecule has 0 aromatic heterocycles. The molecule has 1 rings (SSSR count). The quantitative estimate of drug-likeness (QED) is 0.476. The van der Waals surface area contributed by atoms with Crippen LogP contribution in [0.2, 0.25) is 0 Å². The first-order valence-corrected chi connectivity index (χ1v) is 5.35. The third-order valence-corrected chi connectivity index (χ3v) is 2.43. The van der Waals surface area contributed by atoms with Crippen molar-refractivity contribution in [3.8, 4) is 0 Å². The number of amides is 1. The Balaban J connectivity index is 2.93. The van der Waals surface area contributed by atoms with Crippen LogP contribution in [0.5, 0.6) is 0 Å². The Labute approximate surface area is 104 Å². The lowest BCUT2D eigenvalue weighted by Crippen LogP contribution is -2.43. The van der Waals surface area contributed by atoms with Gasteiger partial charge < -0.3 is 20.5 Å². The van der Waals surface area contributed by atoms with E-state index in [4.69, 9.17) is 15.2 Å². The second-order valence-electron chi connectivity index (χ2n) is 3.87. The molecular formula is C11H14BNO5. The maximum absolute atomic E-state index is 11.0. The summed E-state index contributed by atoms with van der Waals surface area (Å²) in [5, 5.41) is 29.6. The van der Waals surface area contributed by atoms with Crippen molar-refractivity contribution in [2.75, 3.05) is 0 Å². The summed E-state index contributed by atoms with van der Waals surface area (Å²) in [7, 11) is -1.67. The molecule has 0 spiro atoms. The Morgan fingerprint density at radius 2 is 1.94 bits per heavy atom. The van der Waals surface area contributed by atoms with Gasteiger partial charge in [0.1, 0.15) is 6.04 Å². The van der Waals surface area contributed by atoms with Crippen molar-refractivity contribution < 1.29 is 24.7 Å². The summed E-state index contributed by atoms with van der Waals surface area (Å²) in [5.74, 6) is -1.63. The van der Waals surface area contributed by atoms with Gasteiger partial charge in [0.2, 0.25) is 5.91 Å². The maximum Gasteiger partial charge on any atom is 0.488 e. The third-order valence-electron chi connectivity index (χ3n) is 2.43. The molecule has 0 unspecified atom stereocenters. The van der Waals surface area contributed by atoms with Crippen molar-refractivity contribution in [1.82, 2.24) is 5.32 Å². The van der Waals surface area contributed by atoms with Gasteiger partial charge in [-0.3, -0.25) is 4.79 Å². The van der Waals surface area contributed by atoms with E-state index in [2.05, 4.69) is 5.32 Å². The van der Waals surface area contributed by atoms with E-state index >= 15 is 0 Å². The number of aliphatic carboxylic acids is 1. The lowest BCUT2D eigenvalue weighted by Gasteiger charge is -2.15. The van der Waals surface area contributed by atoms with Gasteiger partial charge in [0.25, 0.3) is 0 Å². The van der Waals surface area contributed by atoms with Gasteiger partial charge in [-0.2, -0.15) is 0 Å². The van der Waals surface area contributed by atoms with Crippen molar-refractivity contribution in [2.24, 2.45) is 0 Å². The molecule has 0 radical (unpaired) electrons. The maximum atomic E-state index is 11.0. The van der Waals surface area contributed by atoms with Gasteiger partial charge in [-0.15, -0.1) is 0 Å². The number of carboxylic acid groups (broad SMARTS) is 1. The summed E-state index contributed by atoms with van der Waals surface area (Å²) in [6.07, 6.45) is -0.0112. The van der Waals surface area contributed by atoms with E-state index in [9.17, 15) is 9.59 Å². The largest absolute Gasteiger partial charge is 0.488 e. The molecule has 1 atom stereocenters. The number of benzene rings is 1. The summed E-state index contributed by atoms with van der Waals surface area (Å²) >= 11 is 0. The zero-order chi connectivity index (χ0) is 13.7. The molecular weight excluding hydrogens is 237 g/mol. The highest BCUT2D eigenvalue weighted by Gasteiger charge is 2.22. The number of carbonyl (C=O) groups excluding carboxylic acids is 1.